The zero-order chi connectivity index (χ0) is 13.9. The lowest BCUT2D eigenvalue weighted by molar-refractivity contribution is -0.419. The minimum atomic E-state index is -3.33. The van der Waals surface area contributed by atoms with Crippen LogP contribution in [0, 0.1) is 0 Å². The first-order chi connectivity index (χ1) is 8.97. The average molecular weight is 260 g/mol. The van der Waals surface area contributed by atoms with Gasteiger partial charge in [0.05, 0.1) is 5.56 Å². The van der Waals surface area contributed by atoms with Gasteiger partial charge < -0.3 is 20.1 Å². The smallest absolute Gasteiger partial charge is 0.416 e. The number of rotatable bonds is 4. The van der Waals surface area contributed by atoms with Crippen LogP contribution in [0.5, 0.6) is 5.75 Å². The third kappa shape index (κ3) is 3.38. The predicted octanol–water partition coefficient (Wildman–Crippen LogP) is 0.885. The van der Waals surface area contributed by atoms with E-state index in [0.717, 1.165) is 0 Å². The fraction of sp³-hybridized carbons (Fsp3) is 0.0714. The van der Waals surface area contributed by atoms with Crippen LogP contribution in [0.15, 0.2) is 54.6 Å². The van der Waals surface area contributed by atoms with Gasteiger partial charge in [0.2, 0.25) is 0 Å². The van der Waals surface area contributed by atoms with Gasteiger partial charge in [0.1, 0.15) is 5.75 Å². The minimum Gasteiger partial charge on any atom is -0.416 e. The summed E-state index contributed by atoms with van der Waals surface area (Å²) in [6.45, 7) is 0. The molecule has 0 heterocycles. The Morgan fingerprint density at radius 1 is 0.895 bits per heavy atom. The molecule has 0 aliphatic carbocycles. The van der Waals surface area contributed by atoms with Crippen LogP contribution in [-0.2, 0) is 0 Å². The number of ether oxygens (including phenoxy) is 1. The van der Waals surface area contributed by atoms with Gasteiger partial charge in [-0.1, -0.05) is 42.5 Å². The maximum absolute atomic E-state index is 12.2. The summed E-state index contributed by atoms with van der Waals surface area (Å²) in [7, 11) is 0. The van der Waals surface area contributed by atoms with Crippen LogP contribution in [0.25, 0.3) is 0 Å². The maximum atomic E-state index is 12.2. The highest BCUT2D eigenvalue weighted by Crippen LogP contribution is 2.23. The molecule has 5 nitrogen and oxygen atoms in total. The fourth-order valence-corrected chi connectivity index (χ4v) is 1.64. The number of carbonyl (C=O) groups is 1. The molecule has 0 amide bonds. The van der Waals surface area contributed by atoms with Crippen molar-refractivity contribution >= 4 is 5.78 Å². The molecule has 19 heavy (non-hydrogen) atoms. The molecule has 0 aliphatic heterocycles. The van der Waals surface area contributed by atoms with E-state index in [2.05, 4.69) is 4.74 Å². The predicted molar refractivity (Wildman–Crippen MR) is 66.3 cm³/mol. The molecule has 2 aromatic rings. The fourth-order valence-electron chi connectivity index (χ4n) is 1.64. The van der Waals surface area contributed by atoms with Crippen molar-refractivity contribution in [2.45, 2.75) is 6.16 Å². The Morgan fingerprint density at radius 3 is 2.11 bits per heavy atom. The highest BCUT2D eigenvalue weighted by atomic mass is 16.9. The van der Waals surface area contributed by atoms with E-state index in [0.29, 0.717) is 5.56 Å². The summed E-state index contributed by atoms with van der Waals surface area (Å²) in [6, 6.07) is 14.4. The van der Waals surface area contributed by atoms with E-state index in [1.165, 1.54) is 12.1 Å². The maximum Gasteiger partial charge on any atom is 0.453 e. The molecular weight excluding hydrogens is 248 g/mol. The van der Waals surface area contributed by atoms with Crippen molar-refractivity contribution in [3.8, 4) is 5.75 Å². The molecule has 3 N–H and O–H groups in total. The van der Waals surface area contributed by atoms with Gasteiger partial charge in [0.15, 0.2) is 5.78 Å². The normalized spacial score (nSPS) is 11.1. The quantitative estimate of drug-likeness (QED) is 0.561. The number of hydrogen-bond acceptors (Lipinski definition) is 5. The van der Waals surface area contributed by atoms with Crippen LogP contribution in [0.2, 0.25) is 0 Å². The molecule has 2 aromatic carbocycles. The lowest BCUT2D eigenvalue weighted by Gasteiger charge is -2.17. The Morgan fingerprint density at radius 2 is 1.47 bits per heavy atom. The summed E-state index contributed by atoms with van der Waals surface area (Å²) < 4.78 is 4.52. The molecule has 0 atom stereocenters. The second-order valence-corrected chi connectivity index (χ2v) is 3.87. The van der Waals surface area contributed by atoms with Crippen molar-refractivity contribution in [3.05, 3.63) is 65.7 Å². The summed E-state index contributed by atoms with van der Waals surface area (Å²) in [5.74, 6) is -0.468. The summed E-state index contributed by atoms with van der Waals surface area (Å²) in [6.07, 6.45) is -3.33. The third-order valence-corrected chi connectivity index (χ3v) is 2.41. The summed E-state index contributed by atoms with van der Waals surface area (Å²) >= 11 is 0. The first-order valence-electron chi connectivity index (χ1n) is 5.52. The van der Waals surface area contributed by atoms with Crippen molar-refractivity contribution in [3.63, 3.8) is 0 Å². The molecule has 0 saturated heterocycles. The molecule has 2 rings (SSSR count). The Bertz CT molecular complexity index is 572. The molecule has 0 aromatic heterocycles. The summed E-state index contributed by atoms with van der Waals surface area (Å²) in [5.41, 5.74) is 0.549. The van der Waals surface area contributed by atoms with Crippen molar-refractivity contribution in [1.82, 2.24) is 0 Å². The number of hydrogen-bond donors (Lipinski definition) is 3. The lowest BCUT2D eigenvalue weighted by Crippen LogP contribution is -2.35. The van der Waals surface area contributed by atoms with E-state index in [1.807, 2.05) is 0 Å². The van der Waals surface area contributed by atoms with Crippen LogP contribution < -0.4 is 4.74 Å². The van der Waals surface area contributed by atoms with Gasteiger partial charge >= 0.3 is 6.16 Å². The Kier molecular flexibility index (Phi) is 3.62. The number of benzene rings is 2. The van der Waals surface area contributed by atoms with Crippen LogP contribution in [0.4, 0.5) is 0 Å². The van der Waals surface area contributed by atoms with Crippen LogP contribution in [-0.4, -0.2) is 27.3 Å². The van der Waals surface area contributed by atoms with Gasteiger partial charge in [-0.2, -0.15) is 0 Å². The lowest BCUT2D eigenvalue weighted by atomic mass is 10.0. The van der Waals surface area contributed by atoms with E-state index >= 15 is 0 Å². The van der Waals surface area contributed by atoms with Gasteiger partial charge in [0, 0.05) is 5.56 Å². The topological polar surface area (TPSA) is 87.0 Å². The van der Waals surface area contributed by atoms with E-state index in [4.69, 9.17) is 15.3 Å². The van der Waals surface area contributed by atoms with E-state index in [1.54, 1.807) is 42.5 Å². The standard InChI is InChI=1S/C14H12O5/c15-13(10-6-2-1-3-7-10)11-8-4-5-9-12(11)19-14(16,17)18/h1-9,16-18H. The van der Waals surface area contributed by atoms with Crippen molar-refractivity contribution in [2.75, 3.05) is 0 Å². The van der Waals surface area contributed by atoms with Gasteiger partial charge in [-0.25, -0.2) is 0 Å². The van der Waals surface area contributed by atoms with Crippen LogP contribution in [0.3, 0.4) is 0 Å². The molecule has 5 heteroatoms. The monoisotopic (exact) mass is 260 g/mol. The van der Waals surface area contributed by atoms with E-state index in [-0.39, 0.29) is 17.1 Å². The first-order valence-corrected chi connectivity index (χ1v) is 5.52. The zero-order valence-electron chi connectivity index (χ0n) is 9.85. The van der Waals surface area contributed by atoms with Crippen molar-refractivity contribution < 1.29 is 24.9 Å². The van der Waals surface area contributed by atoms with Gasteiger partial charge in [-0.15, -0.1) is 0 Å². The molecule has 0 saturated carbocycles. The minimum absolute atomic E-state index is 0.121. The SMILES string of the molecule is O=C(c1ccccc1)c1ccccc1OC(O)(O)O. The molecule has 0 spiro atoms. The van der Waals surface area contributed by atoms with Crippen molar-refractivity contribution in [1.29, 1.82) is 0 Å². The number of para-hydroxylation sites is 1. The molecule has 98 valence electrons. The molecule has 0 unspecified atom stereocenters. The highest BCUT2D eigenvalue weighted by molar-refractivity contribution is 6.10. The van der Waals surface area contributed by atoms with Gasteiger partial charge in [-0.3, -0.25) is 4.79 Å². The van der Waals surface area contributed by atoms with E-state index in [9.17, 15) is 4.79 Å². The zero-order valence-corrected chi connectivity index (χ0v) is 9.85. The van der Waals surface area contributed by atoms with E-state index < -0.39 is 6.16 Å². The second kappa shape index (κ2) is 5.19. The molecule has 0 radical (unpaired) electrons. The van der Waals surface area contributed by atoms with Crippen LogP contribution in [0.1, 0.15) is 15.9 Å². The van der Waals surface area contributed by atoms with Crippen LogP contribution >= 0.6 is 0 Å². The summed E-state index contributed by atoms with van der Waals surface area (Å²) in [4.78, 5) is 12.2. The number of aliphatic hydroxyl groups is 3. The highest BCUT2D eigenvalue weighted by Gasteiger charge is 2.24. The van der Waals surface area contributed by atoms with Gasteiger partial charge in [-0.05, 0) is 12.1 Å². The molecule has 0 fully saturated rings. The number of carbonyl (C=O) groups excluding carboxylic acids is 1. The summed E-state index contributed by atoms with van der Waals surface area (Å²) in [5, 5.41) is 26.5. The first kappa shape index (κ1) is 13.2. The number of ketones is 1. The largest absolute Gasteiger partial charge is 0.453 e. The molecule has 0 bridgehead atoms. The Hall–Kier alpha value is -2.21. The Balaban J connectivity index is 2.38. The average Bonchev–Trinajstić information content (AvgIpc) is 2.38. The molecule has 0 aliphatic rings. The van der Waals surface area contributed by atoms with Crippen molar-refractivity contribution in [2.24, 2.45) is 0 Å². The van der Waals surface area contributed by atoms with Gasteiger partial charge in [0.25, 0.3) is 0 Å². The Labute approximate surface area is 109 Å². The molecular formula is C14H12O5. The third-order valence-electron chi connectivity index (χ3n) is 2.41. The second-order valence-electron chi connectivity index (χ2n) is 3.87.